The molecule has 0 fully saturated rings. The number of rotatable bonds is 33. The van der Waals surface area contributed by atoms with Crippen molar-refractivity contribution in [1.82, 2.24) is 0 Å². The molecular weight excluding hydrogens is 568 g/mol. The number of carbonyl (C=O) groups is 2. The van der Waals surface area contributed by atoms with Crippen molar-refractivity contribution in [2.24, 2.45) is 0 Å². The van der Waals surface area contributed by atoms with Crippen molar-refractivity contribution in [1.29, 1.82) is 0 Å². The molecule has 46 heavy (non-hydrogen) atoms. The number of benzene rings is 1. The van der Waals surface area contributed by atoms with Gasteiger partial charge in [-0.15, -0.1) is 0 Å². The summed E-state index contributed by atoms with van der Waals surface area (Å²) >= 11 is 0. The molecule has 0 aromatic heterocycles. The Balaban J connectivity index is 2.57. The smallest absolute Gasteiger partial charge is 0.309 e. The van der Waals surface area contributed by atoms with Crippen molar-refractivity contribution in [2.45, 2.75) is 219 Å². The van der Waals surface area contributed by atoms with Gasteiger partial charge in [-0.1, -0.05) is 192 Å². The topological polar surface area (TPSA) is 52.6 Å². The lowest BCUT2D eigenvalue weighted by Crippen LogP contribution is -2.41. The largest absolute Gasteiger partial charge is 0.422 e. The van der Waals surface area contributed by atoms with Gasteiger partial charge >= 0.3 is 11.9 Å². The fourth-order valence-corrected chi connectivity index (χ4v) is 6.36. The van der Waals surface area contributed by atoms with E-state index in [1.165, 1.54) is 121 Å². The van der Waals surface area contributed by atoms with Crippen LogP contribution in [0.2, 0.25) is 0 Å². The minimum atomic E-state index is -1.17. The van der Waals surface area contributed by atoms with Crippen LogP contribution in [0.3, 0.4) is 0 Å². The van der Waals surface area contributed by atoms with Crippen LogP contribution < -0.4 is 0 Å². The summed E-state index contributed by atoms with van der Waals surface area (Å²) in [5.41, 5.74) is 1.17. The molecule has 0 aliphatic carbocycles. The first-order chi connectivity index (χ1) is 22.5. The van der Waals surface area contributed by atoms with Crippen molar-refractivity contribution in [3.8, 4) is 0 Å². The van der Waals surface area contributed by atoms with Gasteiger partial charge in [-0.25, -0.2) is 0 Å². The zero-order chi connectivity index (χ0) is 33.4. The van der Waals surface area contributed by atoms with Crippen LogP contribution in [-0.4, -0.2) is 17.7 Å². The first kappa shape index (κ1) is 42.2. The Hall–Kier alpha value is -1.84. The molecule has 0 aliphatic rings. The standard InChI is InChI=1S/C42H74O4/c1-4-7-10-12-14-16-18-20-22-24-29-34-40(43)45-42(37-31-9-6-3,38-36-39-32-27-26-28-33-39)46-41(44)35-30-25-23-21-19-17-15-13-11-8-5-2/h26-28,32-33H,4-25,29-31,34-38H2,1-3H3. The molecular formula is C42H74O4. The van der Waals surface area contributed by atoms with Gasteiger partial charge in [0.2, 0.25) is 0 Å². The van der Waals surface area contributed by atoms with Crippen molar-refractivity contribution in [2.75, 3.05) is 0 Å². The SMILES string of the molecule is CCCCCCCCCCCCCC(=O)OC(CCCCC)(CCc1ccccc1)OC(=O)CCCCCCCCCCCCC. The summed E-state index contributed by atoms with van der Waals surface area (Å²) in [5, 5.41) is 0. The van der Waals surface area contributed by atoms with E-state index < -0.39 is 5.79 Å². The Kier molecular flexibility index (Phi) is 28.0. The molecule has 4 nitrogen and oxygen atoms in total. The van der Waals surface area contributed by atoms with Crippen molar-refractivity contribution < 1.29 is 19.1 Å². The van der Waals surface area contributed by atoms with E-state index in [9.17, 15) is 9.59 Å². The molecule has 266 valence electrons. The van der Waals surface area contributed by atoms with E-state index in [4.69, 9.17) is 9.47 Å². The first-order valence-corrected chi connectivity index (χ1v) is 20.0. The van der Waals surface area contributed by atoms with Gasteiger partial charge in [-0.2, -0.15) is 0 Å². The second-order valence-electron chi connectivity index (χ2n) is 13.9. The maximum Gasteiger partial charge on any atom is 0.309 e. The summed E-state index contributed by atoms with van der Waals surface area (Å²) in [6.45, 7) is 6.70. The molecule has 0 spiro atoms. The quantitative estimate of drug-likeness (QED) is 0.0435. The van der Waals surface area contributed by atoms with Gasteiger partial charge in [0.1, 0.15) is 0 Å². The van der Waals surface area contributed by atoms with Crippen LogP contribution in [0.5, 0.6) is 0 Å². The van der Waals surface area contributed by atoms with Gasteiger partial charge in [0.15, 0.2) is 0 Å². The highest BCUT2D eigenvalue weighted by molar-refractivity contribution is 5.72. The molecule has 0 saturated heterocycles. The monoisotopic (exact) mass is 643 g/mol. The van der Waals surface area contributed by atoms with E-state index in [0.29, 0.717) is 32.1 Å². The van der Waals surface area contributed by atoms with Crippen LogP contribution in [0.1, 0.15) is 213 Å². The number of aryl methyl sites for hydroxylation is 1. The van der Waals surface area contributed by atoms with Crippen LogP contribution in [-0.2, 0) is 25.5 Å². The highest BCUT2D eigenvalue weighted by atomic mass is 16.7. The lowest BCUT2D eigenvalue weighted by atomic mass is 9.98. The molecule has 1 rings (SSSR count). The van der Waals surface area contributed by atoms with Crippen LogP contribution in [0.25, 0.3) is 0 Å². The predicted molar refractivity (Wildman–Crippen MR) is 196 cm³/mol. The molecule has 0 unspecified atom stereocenters. The van der Waals surface area contributed by atoms with E-state index in [1.807, 2.05) is 18.2 Å². The molecule has 0 heterocycles. The molecule has 0 atom stereocenters. The summed E-state index contributed by atoms with van der Waals surface area (Å²) in [4.78, 5) is 26.4. The summed E-state index contributed by atoms with van der Waals surface area (Å²) in [5.74, 6) is -1.61. The lowest BCUT2D eigenvalue weighted by Gasteiger charge is -2.33. The second kappa shape index (κ2) is 30.5. The van der Waals surface area contributed by atoms with Crippen LogP contribution in [0, 0.1) is 0 Å². The average molecular weight is 643 g/mol. The van der Waals surface area contributed by atoms with Crippen LogP contribution >= 0.6 is 0 Å². The molecule has 0 N–H and O–H groups in total. The molecule has 1 aromatic carbocycles. The first-order valence-electron chi connectivity index (χ1n) is 20.0. The summed E-state index contributed by atoms with van der Waals surface area (Å²) in [6, 6.07) is 10.3. The Morgan fingerprint density at radius 1 is 0.457 bits per heavy atom. The maximum atomic E-state index is 13.2. The average Bonchev–Trinajstić information content (AvgIpc) is 3.06. The Labute approximate surface area is 285 Å². The third kappa shape index (κ3) is 24.3. The number of carbonyl (C=O) groups excluding carboxylic acids is 2. The molecule has 1 aromatic rings. The lowest BCUT2D eigenvalue weighted by molar-refractivity contribution is -0.234. The van der Waals surface area contributed by atoms with Crippen LogP contribution in [0.4, 0.5) is 0 Å². The molecule has 0 radical (unpaired) electrons. The highest BCUT2D eigenvalue weighted by Gasteiger charge is 2.37. The minimum Gasteiger partial charge on any atom is -0.422 e. The van der Waals surface area contributed by atoms with E-state index in [-0.39, 0.29) is 11.9 Å². The van der Waals surface area contributed by atoms with Crippen molar-refractivity contribution in [3.63, 3.8) is 0 Å². The Morgan fingerprint density at radius 2 is 0.804 bits per heavy atom. The molecule has 0 aliphatic heterocycles. The molecule has 0 saturated carbocycles. The normalized spacial score (nSPS) is 11.5. The van der Waals surface area contributed by atoms with Gasteiger partial charge < -0.3 is 9.47 Å². The van der Waals surface area contributed by atoms with Crippen LogP contribution in [0.15, 0.2) is 30.3 Å². The number of hydrogen-bond donors (Lipinski definition) is 0. The maximum absolute atomic E-state index is 13.2. The van der Waals surface area contributed by atoms with E-state index in [2.05, 4.69) is 32.9 Å². The third-order valence-corrected chi connectivity index (χ3v) is 9.37. The predicted octanol–water partition coefficient (Wildman–Crippen LogP) is 13.4. The second-order valence-corrected chi connectivity index (χ2v) is 13.9. The zero-order valence-corrected chi connectivity index (χ0v) is 30.7. The van der Waals surface area contributed by atoms with Gasteiger partial charge in [0.25, 0.3) is 5.79 Å². The van der Waals surface area contributed by atoms with Gasteiger partial charge in [-0.05, 0) is 31.2 Å². The number of unbranched alkanes of at least 4 members (excludes halogenated alkanes) is 22. The zero-order valence-electron chi connectivity index (χ0n) is 30.7. The minimum absolute atomic E-state index is 0.219. The third-order valence-electron chi connectivity index (χ3n) is 9.37. The Morgan fingerprint density at radius 3 is 1.20 bits per heavy atom. The summed E-state index contributed by atoms with van der Waals surface area (Å²) in [7, 11) is 0. The Bertz CT molecular complexity index is 780. The van der Waals surface area contributed by atoms with E-state index >= 15 is 0 Å². The number of hydrogen-bond acceptors (Lipinski definition) is 4. The van der Waals surface area contributed by atoms with Gasteiger partial charge in [-0.3, -0.25) is 9.59 Å². The fourth-order valence-electron chi connectivity index (χ4n) is 6.36. The van der Waals surface area contributed by atoms with E-state index in [0.717, 1.165) is 44.9 Å². The molecule has 0 bridgehead atoms. The highest BCUT2D eigenvalue weighted by Crippen LogP contribution is 2.30. The number of esters is 2. The summed E-state index contributed by atoms with van der Waals surface area (Å²) in [6.07, 6.45) is 33.0. The molecule has 4 heteroatoms. The fraction of sp³-hybridized carbons (Fsp3) is 0.810. The summed E-state index contributed by atoms with van der Waals surface area (Å²) < 4.78 is 12.4. The van der Waals surface area contributed by atoms with Gasteiger partial charge in [0, 0.05) is 25.7 Å². The molecule has 0 amide bonds. The van der Waals surface area contributed by atoms with Gasteiger partial charge in [0.05, 0.1) is 0 Å². The van der Waals surface area contributed by atoms with E-state index in [1.54, 1.807) is 0 Å². The van der Waals surface area contributed by atoms with Crippen molar-refractivity contribution >= 4 is 11.9 Å². The van der Waals surface area contributed by atoms with Crippen molar-refractivity contribution in [3.05, 3.63) is 35.9 Å². The number of ether oxygens (including phenoxy) is 2.